The predicted molar refractivity (Wildman–Crippen MR) is 90.8 cm³/mol. The third-order valence-electron chi connectivity index (χ3n) is 3.28. The highest BCUT2D eigenvalue weighted by Crippen LogP contribution is 2.14. The van der Waals surface area contributed by atoms with E-state index in [9.17, 15) is 4.79 Å². The van der Waals surface area contributed by atoms with Gasteiger partial charge in [-0.1, -0.05) is 12.1 Å². The molecule has 0 bridgehead atoms. The van der Waals surface area contributed by atoms with E-state index in [4.69, 9.17) is 0 Å². The number of hydrogen-bond donors (Lipinski definition) is 2. The summed E-state index contributed by atoms with van der Waals surface area (Å²) in [6.07, 6.45) is 1.69. The Morgan fingerprint density at radius 2 is 1.95 bits per heavy atom. The van der Waals surface area contributed by atoms with E-state index in [0.717, 1.165) is 18.7 Å². The first kappa shape index (κ1) is 15.8. The smallest absolute Gasteiger partial charge is 0.252 e. The Balaban J connectivity index is 2.02. The molecule has 22 heavy (non-hydrogen) atoms. The van der Waals surface area contributed by atoms with Crippen molar-refractivity contribution in [1.82, 2.24) is 9.97 Å². The maximum atomic E-state index is 11.3. The van der Waals surface area contributed by atoms with Gasteiger partial charge in [0, 0.05) is 30.5 Å². The Bertz CT molecular complexity index is 686. The van der Waals surface area contributed by atoms with Gasteiger partial charge in [0.25, 0.3) is 5.56 Å². The first-order valence-electron chi connectivity index (χ1n) is 7.34. The fourth-order valence-corrected chi connectivity index (χ4v) is 2.16. The Morgan fingerprint density at radius 3 is 2.55 bits per heavy atom. The summed E-state index contributed by atoms with van der Waals surface area (Å²) in [7, 11) is 0. The van der Waals surface area contributed by atoms with Crippen molar-refractivity contribution < 1.29 is 0 Å². The molecule has 0 spiro atoms. The number of aromatic amines is 1. The van der Waals surface area contributed by atoms with Crippen LogP contribution in [0.15, 0.2) is 40.2 Å². The third-order valence-corrected chi connectivity index (χ3v) is 3.28. The number of benzene rings is 1. The van der Waals surface area contributed by atoms with E-state index in [1.54, 1.807) is 13.1 Å². The summed E-state index contributed by atoms with van der Waals surface area (Å²) in [5.41, 5.74) is 5.34. The first-order chi connectivity index (χ1) is 10.6. The molecule has 2 rings (SSSR count). The zero-order valence-corrected chi connectivity index (χ0v) is 13.1. The van der Waals surface area contributed by atoms with Gasteiger partial charge in [-0.2, -0.15) is 5.10 Å². The molecule has 6 nitrogen and oxygen atoms in total. The molecule has 2 aromatic rings. The predicted octanol–water partition coefficient (Wildman–Crippen LogP) is 2.37. The van der Waals surface area contributed by atoms with Crippen LogP contribution in [-0.4, -0.2) is 29.3 Å². The Hall–Kier alpha value is -2.63. The quantitative estimate of drug-likeness (QED) is 0.634. The molecule has 0 unspecified atom stereocenters. The van der Waals surface area contributed by atoms with Crippen LogP contribution in [0.2, 0.25) is 0 Å². The number of hydrazone groups is 1. The van der Waals surface area contributed by atoms with Crippen molar-refractivity contribution in [2.75, 3.05) is 23.4 Å². The second-order valence-corrected chi connectivity index (χ2v) is 4.87. The SMILES string of the molecule is CCN(CC)c1ccc(/C=N\Nc2nc(C)cc(=O)[nH]2)cc1. The maximum absolute atomic E-state index is 11.3. The molecule has 116 valence electrons. The molecule has 1 aromatic carbocycles. The van der Waals surface area contributed by atoms with E-state index in [1.807, 2.05) is 12.1 Å². The van der Waals surface area contributed by atoms with Gasteiger partial charge in [-0.3, -0.25) is 9.78 Å². The summed E-state index contributed by atoms with van der Waals surface area (Å²) in [6, 6.07) is 9.58. The summed E-state index contributed by atoms with van der Waals surface area (Å²) >= 11 is 0. The fraction of sp³-hybridized carbons (Fsp3) is 0.312. The second-order valence-electron chi connectivity index (χ2n) is 4.87. The van der Waals surface area contributed by atoms with E-state index >= 15 is 0 Å². The fourth-order valence-electron chi connectivity index (χ4n) is 2.16. The molecule has 0 aliphatic rings. The molecule has 2 N–H and O–H groups in total. The summed E-state index contributed by atoms with van der Waals surface area (Å²) < 4.78 is 0. The highest BCUT2D eigenvalue weighted by atomic mass is 16.1. The van der Waals surface area contributed by atoms with Crippen molar-refractivity contribution in [3.63, 3.8) is 0 Å². The lowest BCUT2D eigenvalue weighted by molar-refractivity contribution is 0.866. The molecular weight excluding hydrogens is 278 g/mol. The highest BCUT2D eigenvalue weighted by Gasteiger charge is 2.00. The minimum Gasteiger partial charge on any atom is -0.372 e. The number of nitrogens with zero attached hydrogens (tertiary/aromatic N) is 3. The van der Waals surface area contributed by atoms with Gasteiger partial charge in [-0.25, -0.2) is 10.4 Å². The van der Waals surface area contributed by atoms with Crippen molar-refractivity contribution in [3.8, 4) is 0 Å². The van der Waals surface area contributed by atoms with Crippen LogP contribution in [0.4, 0.5) is 11.6 Å². The zero-order valence-electron chi connectivity index (χ0n) is 13.1. The van der Waals surface area contributed by atoms with Crippen molar-refractivity contribution >= 4 is 17.9 Å². The van der Waals surface area contributed by atoms with Crippen molar-refractivity contribution in [3.05, 3.63) is 51.9 Å². The number of nitrogens with one attached hydrogen (secondary N) is 2. The van der Waals surface area contributed by atoms with Crippen LogP contribution < -0.4 is 15.9 Å². The molecule has 0 saturated heterocycles. The number of H-pyrrole nitrogens is 1. The van der Waals surface area contributed by atoms with E-state index in [1.165, 1.54) is 11.8 Å². The minimum absolute atomic E-state index is 0.200. The number of anilines is 2. The Morgan fingerprint density at radius 1 is 1.27 bits per heavy atom. The van der Waals surface area contributed by atoms with Crippen LogP contribution >= 0.6 is 0 Å². The zero-order chi connectivity index (χ0) is 15.9. The average molecular weight is 299 g/mol. The normalized spacial score (nSPS) is 10.9. The number of aromatic nitrogens is 2. The molecule has 0 radical (unpaired) electrons. The second kappa shape index (κ2) is 7.40. The molecule has 0 aliphatic carbocycles. The van der Waals surface area contributed by atoms with Crippen molar-refractivity contribution in [1.29, 1.82) is 0 Å². The van der Waals surface area contributed by atoms with E-state index < -0.39 is 0 Å². The van der Waals surface area contributed by atoms with Crippen LogP contribution in [0.25, 0.3) is 0 Å². The van der Waals surface area contributed by atoms with Gasteiger partial charge in [-0.05, 0) is 38.5 Å². The Kier molecular flexibility index (Phi) is 5.30. The molecule has 0 amide bonds. The number of rotatable bonds is 6. The molecule has 0 aliphatic heterocycles. The van der Waals surface area contributed by atoms with Gasteiger partial charge in [0.1, 0.15) is 0 Å². The summed E-state index contributed by atoms with van der Waals surface area (Å²) in [5, 5.41) is 4.09. The van der Waals surface area contributed by atoms with Crippen LogP contribution in [0.5, 0.6) is 0 Å². The molecule has 1 aromatic heterocycles. The lowest BCUT2D eigenvalue weighted by Crippen LogP contribution is -2.21. The third kappa shape index (κ3) is 4.18. The van der Waals surface area contributed by atoms with Crippen LogP contribution in [-0.2, 0) is 0 Å². The molecule has 6 heteroatoms. The molecule has 0 fully saturated rings. The van der Waals surface area contributed by atoms with Gasteiger partial charge < -0.3 is 4.90 Å². The van der Waals surface area contributed by atoms with Crippen LogP contribution in [0, 0.1) is 6.92 Å². The van der Waals surface area contributed by atoms with E-state index in [-0.39, 0.29) is 5.56 Å². The largest absolute Gasteiger partial charge is 0.372 e. The van der Waals surface area contributed by atoms with Crippen molar-refractivity contribution in [2.45, 2.75) is 20.8 Å². The standard InChI is InChI=1S/C16H21N5O/c1-4-21(5-2)14-8-6-13(7-9-14)11-17-20-16-18-12(3)10-15(22)19-16/h6-11H,4-5H2,1-3H3,(H2,18,19,20,22)/b17-11-. The maximum Gasteiger partial charge on any atom is 0.252 e. The van der Waals surface area contributed by atoms with Gasteiger partial charge >= 0.3 is 0 Å². The topological polar surface area (TPSA) is 73.4 Å². The Labute approximate surface area is 129 Å². The summed E-state index contributed by atoms with van der Waals surface area (Å²) in [4.78, 5) is 20.3. The van der Waals surface area contributed by atoms with Crippen LogP contribution in [0.3, 0.4) is 0 Å². The van der Waals surface area contributed by atoms with Gasteiger partial charge in [-0.15, -0.1) is 0 Å². The highest BCUT2D eigenvalue weighted by molar-refractivity contribution is 5.80. The lowest BCUT2D eigenvalue weighted by atomic mass is 10.2. The molecular formula is C16H21N5O. The van der Waals surface area contributed by atoms with E-state index in [2.05, 4.69) is 51.4 Å². The van der Waals surface area contributed by atoms with Gasteiger partial charge in [0.05, 0.1) is 6.21 Å². The lowest BCUT2D eigenvalue weighted by Gasteiger charge is -2.20. The summed E-state index contributed by atoms with van der Waals surface area (Å²) in [5.74, 6) is 0.334. The molecule has 0 saturated carbocycles. The minimum atomic E-state index is -0.200. The van der Waals surface area contributed by atoms with Crippen molar-refractivity contribution in [2.24, 2.45) is 5.10 Å². The van der Waals surface area contributed by atoms with Crippen LogP contribution in [0.1, 0.15) is 25.1 Å². The van der Waals surface area contributed by atoms with Gasteiger partial charge in [0.15, 0.2) is 0 Å². The first-order valence-corrected chi connectivity index (χ1v) is 7.34. The average Bonchev–Trinajstić information content (AvgIpc) is 2.49. The monoisotopic (exact) mass is 299 g/mol. The summed E-state index contributed by atoms with van der Waals surface area (Å²) in [6.45, 7) is 8.00. The number of hydrogen-bond acceptors (Lipinski definition) is 5. The molecule has 0 atom stereocenters. The van der Waals surface area contributed by atoms with E-state index in [0.29, 0.717) is 11.6 Å². The van der Waals surface area contributed by atoms with Gasteiger partial charge in [0.2, 0.25) is 5.95 Å². The number of aryl methyl sites for hydroxylation is 1. The molecule has 1 heterocycles.